The topological polar surface area (TPSA) is 65.3 Å². The van der Waals surface area contributed by atoms with Gasteiger partial charge in [-0.15, -0.1) is 0 Å². The molecule has 4 nitrogen and oxygen atoms in total. The number of nitrogens with zero attached hydrogens (tertiary/aromatic N) is 1. The van der Waals surface area contributed by atoms with E-state index in [0.29, 0.717) is 42.3 Å². The SMILES string of the molecule is N#Cc1ccc(Cl)cc1NC1(CO)CCOCC1. The molecule has 1 aliphatic heterocycles. The molecule has 0 saturated carbocycles. The van der Waals surface area contributed by atoms with Crippen LogP contribution in [0.1, 0.15) is 18.4 Å². The van der Waals surface area contributed by atoms with Crippen LogP contribution in [0.2, 0.25) is 5.02 Å². The number of hydrogen-bond donors (Lipinski definition) is 2. The van der Waals surface area contributed by atoms with Gasteiger partial charge < -0.3 is 15.2 Å². The van der Waals surface area contributed by atoms with E-state index in [1.165, 1.54) is 0 Å². The third-order valence-corrected chi connectivity index (χ3v) is 3.49. The summed E-state index contributed by atoms with van der Waals surface area (Å²) >= 11 is 5.94. The highest BCUT2D eigenvalue weighted by molar-refractivity contribution is 6.30. The van der Waals surface area contributed by atoms with Crippen molar-refractivity contribution in [3.8, 4) is 6.07 Å². The smallest absolute Gasteiger partial charge is 0.101 e. The molecule has 0 unspecified atom stereocenters. The second-order valence-corrected chi connectivity index (χ2v) is 4.91. The fraction of sp³-hybridized carbons (Fsp3) is 0.462. The van der Waals surface area contributed by atoms with Crippen molar-refractivity contribution in [1.29, 1.82) is 5.26 Å². The van der Waals surface area contributed by atoms with E-state index in [-0.39, 0.29) is 6.61 Å². The summed E-state index contributed by atoms with van der Waals surface area (Å²) in [5, 5.41) is 22.5. The predicted octanol–water partition coefficient (Wildman–Crippen LogP) is 2.17. The van der Waals surface area contributed by atoms with Crippen LogP contribution in [0.4, 0.5) is 5.69 Å². The first kappa shape index (κ1) is 13.2. The Bertz CT molecular complexity index is 465. The molecule has 18 heavy (non-hydrogen) atoms. The van der Waals surface area contributed by atoms with Gasteiger partial charge in [0.25, 0.3) is 0 Å². The molecular weight excluding hydrogens is 252 g/mol. The van der Waals surface area contributed by atoms with Gasteiger partial charge in [0.15, 0.2) is 0 Å². The second kappa shape index (κ2) is 5.57. The minimum absolute atomic E-state index is 0.00768. The number of nitriles is 1. The first-order valence-electron chi connectivity index (χ1n) is 5.85. The minimum atomic E-state index is -0.422. The Morgan fingerprint density at radius 2 is 2.17 bits per heavy atom. The Hall–Kier alpha value is -1.28. The van der Waals surface area contributed by atoms with Crippen LogP contribution in [0.5, 0.6) is 0 Å². The van der Waals surface area contributed by atoms with Gasteiger partial charge in [0.2, 0.25) is 0 Å². The first-order valence-corrected chi connectivity index (χ1v) is 6.23. The van der Waals surface area contributed by atoms with Gasteiger partial charge in [-0.05, 0) is 31.0 Å². The normalized spacial score (nSPS) is 18.1. The second-order valence-electron chi connectivity index (χ2n) is 4.48. The zero-order chi connectivity index (χ0) is 13.0. The van der Waals surface area contributed by atoms with Crippen LogP contribution in [0, 0.1) is 11.3 Å². The molecular formula is C13H15ClN2O2. The van der Waals surface area contributed by atoms with E-state index in [9.17, 15) is 5.11 Å². The van der Waals surface area contributed by atoms with Gasteiger partial charge in [0.1, 0.15) is 6.07 Å². The molecule has 1 fully saturated rings. The van der Waals surface area contributed by atoms with E-state index < -0.39 is 5.54 Å². The van der Waals surface area contributed by atoms with Crippen LogP contribution in [0.25, 0.3) is 0 Å². The number of nitrogens with one attached hydrogen (secondary N) is 1. The molecule has 2 rings (SSSR count). The largest absolute Gasteiger partial charge is 0.394 e. The average Bonchev–Trinajstić information content (AvgIpc) is 2.40. The number of aliphatic hydroxyl groups is 1. The van der Waals surface area contributed by atoms with Gasteiger partial charge in [0.05, 0.1) is 23.4 Å². The van der Waals surface area contributed by atoms with Gasteiger partial charge in [-0.3, -0.25) is 0 Å². The molecule has 1 heterocycles. The summed E-state index contributed by atoms with van der Waals surface area (Å²) in [5.41, 5.74) is 0.772. The molecule has 0 bridgehead atoms. The Morgan fingerprint density at radius 1 is 1.44 bits per heavy atom. The summed E-state index contributed by atoms with van der Waals surface area (Å²) in [6, 6.07) is 7.19. The molecule has 2 N–H and O–H groups in total. The summed E-state index contributed by atoms with van der Waals surface area (Å²) in [4.78, 5) is 0. The van der Waals surface area contributed by atoms with Crippen LogP contribution in [-0.2, 0) is 4.74 Å². The lowest BCUT2D eigenvalue weighted by molar-refractivity contribution is 0.0380. The first-order chi connectivity index (χ1) is 8.69. The van der Waals surface area contributed by atoms with Gasteiger partial charge in [-0.1, -0.05) is 11.6 Å². The van der Waals surface area contributed by atoms with Crippen molar-refractivity contribution in [3.63, 3.8) is 0 Å². The molecule has 1 aliphatic rings. The molecule has 1 aromatic rings. The van der Waals surface area contributed by atoms with Gasteiger partial charge >= 0.3 is 0 Å². The Labute approximate surface area is 111 Å². The highest BCUT2D eigenvalue weighted by atomic mass is 35.5. The molecule has 0 amide bonds. The van der Waals surface area contributed by atoms with E-state index in [4.69, 9.17) is 21.6 Å². The molecule has 0 aromatic heterocycles. The summed E-state index contributed by atoms with van der Waals surface area (Å²) in [6.45, 7) is 1.22. The fourth-order valence-corrected chi connectivity index (χ4v) is 2.26. The molecule has 0 aliphatic carbocycles. The Morgan fingerprint density at radius 3 is 2.78 bits per heavy atom. The number of hydrogen-bond acceptors (Lipinski definition) is 4. The van der Waals surface area contributed by atoms with Crippen LogP contribution >= 0.6 is 11.6 Å². The van der Waals surface area contributed by atoms with Crippen LogP contribution in [-0.4, -0.2) is 30.5 Å². The number of benzene rings is 1. The summed E-state index contributed by atoms with van der Waals surface area (Å²) in [6.07, 6.45) is 1.42. The van der Waals surface area contributed by atoms with Crippen molar-refractivity contribution < 1.29 is 9.84 Å². The molecule has 1 saturated heterocycles. The average molecular weight is 267 g/mol. The summed E-state index contributed by atoms with van der Waals surface area (Å²) in [7, 11) is 0. The standard InChI is InChI=1S/C13H15ClN2O2/c14-11-2-1-10(8-15)12(7-11)16-13(9-17)3-5-18-6-4-13/h1-2,7,16-17H,3-6,9H2. The highest BCUT2D eigenvalue weighted by Gasteiger charge is 2.32. The maximum Gasteiger partial charge on any atom is 0.101 e. The lowest BCUT2D eigenvalue weighted by Crippen LogP contribution is -2.47. The van der Waals surface area contributed by atoms with Crippen molar-refractivity contribution in [2.45, 2.75) is 18.4 Å². The van der Waals surface area contributed by atoms with Gasteiger partial charge in [0, 0.05) is 18.2 Å². The third kappa shape index (κ3) is 2.75. The van der Waals surface area contributed by atoms with E-state index in [0.717, 1.165) is 0 Å². The van der Waals surface area contributed by atoms with Crippen molar-refractivity contribution >= 4 is 17.3 Å². The molecule has 0 atom stereocenters. The molecule has 0 spiro atoms. The zero-order valence-corrected chi connectivity index (χ0v) is 10.7. The van der Waals surface area contributed by atoms with Crippen LogP contribution in [0.15, 0.2) is 18.2 Å². The van der Waals surface area contributed by atoms with Crippen molar-refractivity contribution in [3.05, 3.63) is 28.8 Å². The lowest BCUT2D eigenvalue weighted by atomic mass is 9.90. The minimum Gasteiger partial charge on any atom is -0.394 e. The zero-order valence-electron chi connectivity index (χ0n) is 9.95. The maximum absolute atomic E-state index is 9.60. The van der Waals surface area contributed by atoms with Crippen LogP contribution in [0.3, 0.4) is 0 Å². The summed E-state index contributed by atoms with van der Waals surface area (Å²) < 4.78 is 5.30. The van der Waals surface area contributed by atoms with Crippen LogP contribution < -0.4 is 5.32 Å². The highest BCUT2D eigenvalue weighted by Crippen LogP contribution is 2.29. The molecule has 5 heteroatoms. The van der Waals surface area contributed by atoms with Gasteiger partial charge in [-0.2, -0.15) is 5.26 Å². The number of halogens is 1. The summed E-state index contributed by atoms with van der Waals surface area (Å²) in [5.74, 6) is 0. The molecule has 1 aromatic carbocycles. The monoisotopic (exact) mass is 266 g/mol. The van der Waals surface area contributed by atoms with E-state index in [1.807, 2.05) is 0 Å². The van der Waals surface area contributed by atoms with E-state index in [2.05, 4.69) is 11.4 Å². The fourth-order valence-electron chi connectivity index (χ4n) is 2.09. The number of rotatable bonds is 3. The van der Waals surface area contributed by atoms with Crippen molar-refractivity contribution in [1.82, 2.24) is 0 Å². The lowest BCUT2D eigenvalue weighted by Gasteiger charge is -2.37. The quantitative estimate of drug-likeness (QED) is 0.880. The Balaban J connectivity index is 2.26. The van der Waals surface area contributed by atoms with E-state index >= 15 is 0 Å². The van der Waals surface area contributed by atoms with Crippen molar-refractivity contribution in [2.75, 3.05) is 25.1 Å². The number of anilines is 1. The van der Waals surface area contributed by atoms with Gasteiger partial charge in [-0.25, -0.2) is 0 Å². The van der Waals surface area contributed by atoms with E-state index in [1.54, 1.807) is 18.2 Å². The number of aliphatic hydroxyl groups excluding tert-OH is 1. The number of ether oxygens (including phenoxy) is 1. The Kier molecular flexibility index (Phi) is 4.07. The third-order valence-electron chi connectivity index (χ3n) is 3.25. The molecule has 0 radical (unpaired) electrons. The predicted molar refractivity (Wildman–Crippen MR) is 69.7 cm³/mol. The maximum atomic E-state index is 9.60. The molecule has 96 valence electrons. The van der Waals surface area contributed by atoms with Crippen molar-refractivity contribution in [2.24, 2.45) is 0 Å².